The zero-order chi connectivity index (χ0) is 19.1. The highest BCUT2D eigenvalue weighted by Crippen LogP contribution is 2.35. The van der Waals surface area contributed by atoms with Gasteiger partial charge in [0, 0.05) is 35.2 Å². The van der Waals surface area contributed by atoms with Crippen molar-refractivity contribution in [3.8, 4) is 0 Å². The Morgan fingerprint density at radius 1 is 1.07 bits per heavy atom. The van der Waals surface area contributed by atoms with Gasteiger partial charge in [0.25, 0.3) is 0 Å². The number of aryl methyl sites for hydroxylation is 1. The van der Waals surface area contributed by atoms with Crippen LogP contribution in [0.25, 0.3) is 10.9 Å². The van der Waals surface area contributed by atoms with Crippen LogP contribution in [0.15, 0.2) is 54.6 Å². The van der Waals surface area contributed by atoms with E-state index in [0.29, 0.717) is 6.54 Å². The first-order valence-corrected chi connectivity index (χ1v) is 9.96. The first-order valence-electron chi connectivity index (χ1n) is 9.96. The maximum atomic E-state index is 13.0. The van der Waals surface area contributed by atoms with Crippen molar-refractivity contribution >= 4 is 28.4 Å². The monoisotopic (exact) mass is 373 g/mol. The summed E-state index contributed by atoms with van der Waals surface area (Å²) in [5.41, 5.74) is 4.43. The largest absolute Gasteiger partial charge is 0.356 e. The van der Waals surface area contributed by atoms with Gasteiger partial charge in [0.2, 0.25) is 11.8 Å². The van der Waals surface area contributed by atoms with E-state index in [1.807, 2.05) is 36.4 Å². The third-order valence-corrected chi connectivity index (χ3v) is 5.99. The van der Waals surface area contributed by atoms with E-state index in [1.54, 1.807) is 4.90 Å². The maximum absolute atomic E-state index is 13.0. The smallest absolute Gasteiger partial charge is 0.227 e. The molecule has 1 aromatic heterocycles. The van der Waals surface area contributed by atoms with Crippen molar-refractivity contribution in [3.63, 3.8) is 0 Å². The van der Waals surface area contributed by atoms with Crippen LogP contribution in [0.3, 0.4) is 0 Å². The van der Waals surface area contributed by atoms with Crippen LogP contribution in [0, 0.1) is 5.92 Å². The van der Waals surface area contributed by atoms with Gasteiger partial charge < -0.3 is 15.2 Å². The van der Waals surface area contributed by atoms with Gasteiger partial charge in [-0.1, -0.05) is 36.4 Å². The predicted molar refractivity (Wildman–Crippen MR) is 109 cm³/mol. The van der Waals surface area contributed by atoms with E-state index in [-0.39, 0.29) is 30.2 Å². The van der Waals surface area contributed by atoms with Crippen LogP contribution in [0.2, 0.25) is 0 Å². The number of hydrogen-bond donors (Lipinski definition) is 2. The van der Waals surface area contributed by atoms with Gasteiger partial charge in [-0.15, -0.1) is 0 Å². The van der Waals surface area contributed by atoms with Crippen LogP contribution in [0.4, 0.5) is 5.69 Å². The second kappa shape index (κ2) is 6.82. The Labute approximate surface area is 163 Å². The summed E-state index contributed by atoms with van der Waals surface area (Å²) >= 11 is 0. The highest BCUT2D eigenvalue weighted by Gasteiger charge is 2.36. The minimum absolute atomic E-state index is 0.00970. The summed E-state index contributed by atoms with van der Waals surface area (Å²) in [4.78, 5) is 30.6. The molecule has 2 amide bonds. The number of carbonyl (C=O) groups is 2. The molecule has 142 valence electrons. The van der Waals surface area contributed by atoms with Crippen LogP contribution in [0.5, 0.6) is 0 Å². The van der Waals surface area contributed by atoms with Gasteiger partial charge in [-0.25, -0.2) is 0 Å². The molecular weight excluding hydrogens is 350 g/mol. The molecule has 1 fully saturated rings. The fourth-order valence-corrected chi connectivity index (χ4v) is 4.59. The zero-order valence-electron chi connectivity index (χ0n) is 15.7. The second-order valence-corrected chi connectivity index (χ2v) is 7.76. The summed E-state index contributed by atoms with van der Waals surface area (Å²) in [7, 11) is 0. The summed E-state index contributed by atoms with van der Waals surface area (Å²) in [6.07, 6.45) is 3.29. The number of amides is 2. The standard InChI is InChI=1S/C23H23N3O2/c27-21-13-15(14-26(21)16-7-2-1-3-8-16)23(28)25-20-12-6-10-18-17-9-4-5-11-19(17)24-22(18)20/h1-5,7-9,11,15,20,24H,6,10,12-14H2,(H,25,28)/t15-,20-/m0/s1. The molecule has 2 heterocycles. The number of para-hydroxylation sites is 2. The van der Waals surface area contributed by atoms with Crippen LogP contribution in [-0.4, -0.2) is 23.3 Å². The number of aromatic amines is 1. The number of carbonyl (C=O) groups excluding carboxylic acids is 2. The van der Waals surface area contributed by atoms with E-state index >= 15 is 0 Å². The lowest BCUT2D eigenvalue weighted by atomic mass is 9.91. The molecule has 5 nitrogen and oxygen atoms in total. The fourth-order valence-electron chi connectivity index (χ4n) is 4.59. The first kappa shape index (κ1) is 17.0. The Morgan fingerprint density at radius 2 is 1.86 bits per heavy atom. The Kier molecular flexibility index (Phi) is 4.15. The predicted octanol–water partition coefficient (Wildman–Crippen LogP) is 3.71. The summed E-state index contributed by atoms with van der Waals surface area (Å²) < 4.78 is 0. The number of fused-ring (bicyclic) bond motifs is 3. The minimum Gasteiger partial charge on any atom is -0.356 e. The van der Waals surface area contributed by atoms with E-state index in [4.69, 9.17) is 0 Å². The normalized spacial score (nSPS) is 21.7. The molecule has 5 rings (SSSR count). The lowest BCUT2D eigenvalue weighted by Gasteiger charge is -2.25. The summed E-state index contributed by atoms with van der Waals surface area (Å²) in [5, 5.41) is 4.47. The Bertz CT molecular complexity index is 1040. The van der Waals surface area contributed by atoms with Crippen LogP contribution in [-0.2, 0) is 16.0 Å². The van der Waals surface area contributed by atoms with E-state index < -0.39 is 0 Å². The van der Waals surface area contributed by atoms with E-state index in [2.05, 4.69) is 28.5 Å². The van der Waals surface area contributed by atoms with Crippen molar-refractivity contribution < 1.29 is 9.59 Å². The third-order valence-electron chi connectivity index (χ3n) is 5.99. The molecule has 3 aromatic rings. The molecule has 2 atom stereocenters. The van der Waals surface area contributed by atoms with Crippen LogP contribution < -0.4 is 10.2 Å². The van der Waals surface area contributed by atoms with E-state index in [0.717, 1.165) is 36.2 Å². The van der Waals surface area contributed by atoms with Gasteiger partial charge >= 0.3 is 0 Å². The van der Waals surface area contributed by atoms with E-state index in [9.17, 15) is 9.59 Å². The molecule has 0 radical (unpaired) electrons. The van der Waals surface area contributed by atoms with Crippen LogP contribution in [0.1, 0.15) is 36.6 Å². The third kappa shape index (κ3) is 2.87. The summed E-state index contributed by atoms with van der Waals surface area (Å²) in [6, 6.07) is 17.9. The zero-order valence-corrected chi connectivity index (χ0v) is 15.7. The Balaban J connectivity index is 1.34. The highest BCUT2D eigenvalue weighted by molar-refractivity contribution is 6.00. The van der Waals surface area contributed by atoms with Crippen LogP contribution >= 0.6 is 0 Å². The van der Waals surface area contributed by atoms with Gasteiger partial charge in [-0.2, -0.15) is 0 Å². The molecule has 2 aliphatic rings. The second-order valence-electron chi connectivity index (χ2n) is 7.76. The molecule has 2 aromatic carbocycles. The van der Waals surface area contributed by atoms with Crippen molar-refractivity contribution in [2.45, 2.75) is 31.7 Å². The Morgan fingerprint density at radius 3 is 2.71 bits per heavy atom. The number of hydrogen-bond acceptors (Lipinski definition) is 2. The van der Waals surface area contributed by atoms with Crippen molar-refractivity contribution in [2.24, 2.45) is 5.92 Å². The average Bonchev–Trinajstić information content (AvgIpc) is 3.30. The van der Waals surface area contributed by atoms with Crippen molar-refractivity contribution in [3.05, 3.63) is 65.9 Å². The van der Waals surface area contributed by atoms with Gasteiger partial charge in [0.05, 0.1) is 12.0 Å². The minimum atomic E-state index is -0.303. The molecule has 28 heavy (non-hydrogen) atoms. The molecule has 0 saturated carbocycles. The van der Waals surface area contributed by atoms with Gasteiger partial charge in [0.1, 0.15) is 0 Å². The van der Waals surface area contributed by atoms with Gasteiger partial charge in [-0.3, -0.25) is 9.59 Å². The van der Waals surface area contributed by atoms with E-state index in [1.165, 1.54) is 10.9 Å². The highest BCUT2D eigenvalue weighted by atomic mass is 16.2. The SMILES string of the molecule is O=C(N[C@H]1CCCc2c1[nH]c1ccccc21)[C@H]1CC(=O)N(c2ccccc2)C1. The van der Waals surface area contributed by atoms with Crippen molar-refractivity contribution in [1.82, 2.24) is 10.3 Å². The van der Waals surface area contributed by atoms with Gasteiger partial charge in [-0.05, 0) is 43.0 Å². The Hall–Kier alpha value is -3.08. The number of rotatable bonds is 3. The number of nitrogens with one attached hydrogen (secondary N) is 2. The fraction of sp³-hybridized carbons (Fsp3) is 0.304. The molecule has 2 N–H and O–H groups in total. The maximum Gasteiger partial charge on any atom is 0.227 e. The summed E-state index contributed by atoms with van der Waals surface area (Å²) in [5.74, 6) is -0.313. The lowest BCUT2D eigenvalue weighted by molar-refractivity contribution is -0.127. The van der Waals surface area contributed by atoms with Crippen molar-refractivity contribution in [1.29, 1.82) is 0 Å². The first-order chi connectivity index (χ1) is 13.7. The van der Waals surface area contributed by atoms with Crippen molar-refractivity contribution in [2.75, 3.05) is 11.4 Å². The molecule has 0 spiro atoms. The molecule has 1 aliphatic carbocycles. The van der Waals surface area contributed by atoms with Gasteiger partial charge in [0.15, 0.2) is 0 Å². The molecule has 0 bridgehead atoms. The molecule has 1 aliphatic heterocycles. The quantitative estimate of drug-likeness (QED) is 0.735. The molecular formula is C23H23N3O2. The number of anilines is 1. The molecule has 0 unspecified atom stereocenters. The summed E-state index contributed by atoms with van der Waals surface area (Å²) in [6.45, 7) is 0.445. The number of H-pyrrole nitrogens is 1. The molecule has 1 saturated heterocycles. The molecule has 5 heteroatoms. The number of nitrogens with zero attached hydrogens (tertiary/aromatic N) is 1. The topological polar surface area (TPSA) is 65.2 Å². The number of benzene rings is 2. The average molecular weight is 373 g/mol. The lowest BCUT2D eigenvalue weighted by Crippen LogP contribution is -2.37. The number of aromatic nitrogens is 1.